The molecule has 0 bridgehead atoms. The highest BCUT2D eigenvalue weighted by atomic mass is 32.2. The van der Waals surface area contributed by atoms with Crippen molar-refractivity contribution in [3.8, 4) is 0 Å². The van der Waals surface area contributed by atoms with Crippen molar-refractivity contribution in [2.75, 3.05) is 32.8 Å². The van der Waals surface area contributed by atoms with Gasteiger partial charge in [-0.2, -0.15) is 4.31 Å². The van der Waals surface area contributed by atoms with Crippen LogP contribution in [0.15, 0.2) is 29.2 Å². The minimum atomic E-state index is -3.38. The molecule has 1 N–H and O–H groups in total. The maximum atomic E-state index is 12.5. The molecule has 0 aliphatic carbocycles. The quantitative estimate of drug-likeness (QED) is 0.869. The minimum absolute atomic E-state index is 0.366. The average Bonchev–Trinajstić information content (AvgIpc) is 2.46. The monoisotopic (exact) mass is 284 g/mol. The van der Waals surface area contributed by atoms with Crippen molar-refractivity contribution in [3.63, 3.8) is 0 Å². The van der Waals surface area contributed by atoms with Gasteiger partial charge in [-0.25, -0.2) is 8.42 Å². The Morgan fingerprint density at radius 1 is 1.32 bits per heavy atom. The third kappa shape index (κ3) is 3.54. The molecule has 0 aromatic heterocycles. The first-order valence-corrected chi connectivity index (χ1v) is 7.96. The van der Waals surface area contributed by atoms with Crippen LogP contribution in [0.25, 0.3) is 0 Å². The van der Waals surface area contributed by atoms with E-state index in [-0.39, 0.29) is 0 Å². The highest BCUT2D eigenvalue weighted by molar-refractivity contribution is 7.89. The number of rotatable bonds is 5. The summed E-state index contributed by atoms with van der Waals surface area (Å²) >= 11 is 0. The third-order valence-corrected chi connectivity index (χ3v) is 4.98. The van der Waals surface area contributed by atoms with Gasteiger partial charge in [0, 0.05) is 19.6 Å². The van der Waals surface area contributed by atoms with E-state index in [1.54, 1.807) is 18.2 Å². The lowest BCUT2D eigenvalue weighted by molar-refractivity contribution is 0.0730. The van der Waals surface area contributed by atoms with Crippen LogP contribution in [0.4, 0.5) is 0 Å². The van der Waals surface area contributed by atoms with Gasteiger partial charge in [0.1, 0.15) is 0 Å². The number of sulfonamides is 1. The van der Waals surface area contributed by atoms with Gasteiger partial charge in [-0.1, -0.05) is 19.1 Å². The normalized spacial score (nSPS) is 17.5. The third-order valence-electron chi connectivity index (χ3n) is 3.09. The molecule has 1 saturated heterocycles. The van der Waals surface area contributed by atoms with E-state index in [1.165, 1.54) is 4.31 Å². The molecule has 5 nitrogen and oxygen atoms in total. The molecular weight excluding hydrogens is 264 g/mol. The fourth-order valence-corrected chi connectivity index (χ4v) is 3.50. The Morgan fingerprint density at radius 2 is 2.05 bits per heavy atom. The van der Waals surface area contributed by atoms with Gasteiger partial charge in [0.05, 0.1) is 18.1 Å². The smallest absolute Gasteiger partial charge is 0.243 e. The number of hydrogen-bond acceptors (Lipinski definition) is 4. The van der Waals surface area contributed by atoms with Crippen LogP contribution in [-0.4, -0.2) is 45.6 Å². The number of ether oxygens (including phenoxy) is 1. The van der Waals surface area contributed by atoms with Crippen molar-refractivity contribution in [1.82, 2.24) is 9.62 Å². The molecule has 106 valence electrons. The average molecular weight is 284 g/mol. The van der Waals surface area contributed by atoms with E-state index in [2.05, 4.69) is 5.32 Å². The molecule has 0 unspecified atom stereocenters. The molecule has 1 heterocycles. The van der Waals surface area contributed by atoms with Crippen LogP contribution in [0.2, 0.25) is 0 Å². The van der Waals surface area contributed by atoms with Crippen molar-refractivity contribution < 1.29 is 13.2 Å². The fraction of sp³-hybridized carbons (Fsp3) is 0.538. The van der Waals surface area contributed by atoms with Gasteiger partial charge in [-0.3, -0.25) is 0 Å². The Labute approximate surface area is 114 Å². The van der Waals surface area contributed by atoms with Crippen LogP contribution in [0.5, 0.6) is 0 Å². The molecule has 0 saturated carbocycles. The summed E-state index contributed by atoms with van der Waals surface area (Å²) in [5, 5.41) is 3.19. The summed E-state index contributed by atoms with van der Waals surface area (Å²) in [4.78, 5) is 0.366. The Bertz CT molecular complexity index is 510. The van der Waals surface area contributed by atoms with E-state index in [1.807, 2.05) is 13.0 Å². The predicted molar refractivity (Wildman–Crippen MR) is 73.4 cm³/mol. The Balaban J connectivity index is 2.19. The first-order valence-electron chi connectivity index (χ1n) is 6.52. The molecule has 1 aromatic carbocycles. The van der Waals surface area contributed by atoms with Crippen LogP contribution in [0, 0.1) is 0 Å². The molecule has 0 amide bonds. The second-order valence-corrected chi connectivity index (χ2v) is 6.38. The van der Waals surface area contributed by atoms with Crippen LogP contribution < -0.4 is 5.32 Å². The van der Waals surface area contributed by atoms with Crippen LogP contribution in [-0.2, 0) is 21.3 Å². The number of nitrogens with one attached hydrogen (secondary N) is 1. The lowest BCUT2D eigenvalue weighted by Gasteiger charge is -2.26. The molecule has 1 aliphatic rings. The standard InChI is InChI=1S/C13H20N2O3S/c1-2-14-11-12-4-3-5-13(10-12)19(16,17)15-6-8-18-9-7-15/h3-5,10,14H,2,6-9,11H2,1H3. The lowest BCUT2D eigenvalue weighted by atomic mass is 10.2. The van der Waals surface area contributed by atoms with E-state index in [9.17, 15) is 8.42 Å². The van der Waals surface area contributed by atoms with Crippen molar-refractivity contribution in [2.24, 2.45) is 0 Å². The van der Waals surface area contributed by atoms with E-state index >= 15 is 0 Å². The lowest BCUT2D eigenvalue weighted by Crippen LogP contribution is -2.40. The summed E-state index contributed by atoms with van der Waals surface area (Å²) in [5.74, 6) is 0. The zero-order valence-electron chi connectivity index (χ0n) is 11.1. The molecule has 1 aliphatic heterocycles. The molecule has 1 aromatic rings. The fourth-order valence-electron chi connectivity index (χ4n) is 2.02. The topological polar surface area (TPSA) is 58.6 Å². The van der Waals surface area contributed by atoms with E-state index < -0.39 is 10.0 Å². The maximum Gasteiger partial charge on any atom is 0.243 e. The highest BCUT2D eigenvalue weighted by Gasteiger charge is 2.26. The Hall–Kier alpha value is -0.950. The molecule has 6 heteroatoms. The van der Waals surface area contributed by atoms with Crippen molar-refractivity contribution in [2.45, 2.75) is 18.4 Å². The first-order chi connectivity index (χ1) is 9.14. The summed E-state index contributed by atoms with van der Waals surface area (Å²) in [6.07, 6.45) is 0. The Morgan fingerprint density at radius 3 is 2.74 bits per heavy atom. The molecule has 1 fully saturated rings. The van der Waals surface area contributed by atoms with Gasteiger partial charge in [0.2, 0.25) is 10.0 Å². The van der Waals surface area contributed by atoms with Crippen molar-refractivity contribution >= 4 is 10.0 Å². The van der Waals surface area contributed by atoms with Crippen molar-refractivity contribution in [1.29, 1.82) is 0 Å². The van der Waals surface area contributed by atoms with E-state index in [0.29, 0.717) is 37.7 Å². The number of nitrogens with zero attached hydrogens (tertiary/aromatic N) is 1. The minimum Gasteiger partial charge on any atom is -0.379 e. The number of benzene rings is 1. The maximum absolute atomic E-state index is 12.5. The van der Waals surface area contributed by atoms with E-state index in [4.69, 9.17) is 4.74 Å². The van der Waals surface area contributed by atoms with Gasteiger partial charge < -0.3 is 10.1 Å². The van der Waals surface area contributed by atoms with Crippen LogP contribution in [0.1, 0.15) is 12.5 Å². The molecule has 2 rings (SSSR count). The first kappa shape index (κ1) is 14.5. The summed E-state index contributed by atoms with van der Waals surface area (Å²) < 4.78 is 31.6. The summed E-state index contributed by atoms with van der Waals surface area (Å²) in [5.41, 5.74) is 0.983. The molecule has 0 spiro atoms. The van der Waals surface area contributed by atoms with Crippen LogP contribution >= 0.6 is 0 Å². The SMILES string of the molecule is CCNCc1cccc(S(=O)(=O)N2CCOCC2)c1. The van der Waals surface area contributed by atoms with Gasteiger partial charge in [0.25, 0.3) is 0 Å². The van der Waals surface area contributed by atoms with Gasteiger partial charge >= 0.3 is 0 Å². The second-order valence-electron chi connectivity index (χ2n) is 4.44. The summed E-state index contributed by atoms with van der Waals surface area (Å²) in [6.45, 7) is 5.36. The predicted octanol–water partition coefficient (Wildman–Crippen LogP) is 0.817. The highest BCUT2D eigenvalue weighted by Crippen LogP contribution is 2.18. The Kier molecular flexibility index (Phi) is 4.93. The van der Waals surface area contributed by atoms with Gasteiger partial charge in [-0.05, 0) is 24.2 Å². The van der Waals surface area contributed by atoms with E-state index in [0.717, 1.165) is 12.1 Å². The van der Waals surface area contributed by atoms with Crippen LogP contribution in [0.3, 0.4) is 0 Å². The van der Waals surface area contributed by atoms with Gasteiger partial charge in [0.15, 0.2) is 0 Å². The zero-order valence-corrected chi connectivity index (χ0v) is 11.9. The molecule has 19 heavy (non-hydrogen) atoms. The number of morpholine rings is 1. The summed E-state index contributed by atoms with van der Waals surface area (Å²) in [7, 11) is -3.38. The summed E-state index contributed by atoms with van der Waals surface area (Å²) in [6, 6.07) is 7.12. The second kappa shape index (κ2) is 6.47. The van der Waals surface area contributed by atoms with Crippen molar-refractivity contribution in [3.05, 3.63) is 29.8 Å². The zero-order chi connectivity index (χ0) is 13.7. The number of hydrogen-bond donors (Lipinski definition) is 1. The molecular formula is C13H20N2O3S. The molecule has 0 atom stereocenters. The van der Waals surface area contributed by atoms with Gasteiger partial charge in [-0.15, -0.1) is 0 Å². The molecule has 0 radical (unpaired) electrons. The largest absolute Gasteiger partial charge is 0.379 e.